The van der Waals surface area contributed by atoms with Crippen LogP contribution in [0.3, 0.4) is 0 Å². The van der Waals surface area contributed by atoms with Gasteiger partial charge in [-0.2, -0.15) is 4.98 Å². The minimum absolute atomic E-state index is 0.735. The van der Waals surface area contributed by atoms with Crippen molar-refractivity contribution in [1.82, 2.24) is 15.2 Å². The van der Waals surface area contributed by atoms with Gasteiger partial charge >= 0.3 is 0 Å². The van der Waals surface area contributed by atoms with E-state index < -0.39 is 0 Å². The van der Waals surface area contributed by atoms with Crippen LogP contribution in [0, 0.1) is 5.92 Å². The van der Waals surface area contributed by atoms with Gasteiger partial charge in [-0.25, -0.2) is 0 Å². The summed E-state index contributed by atoms with van der Waals surface area (Å²) in [6.45, 7) is 4.20. The summed E-state index contributed by atoms with van der Waals surface area (Å²) in [5.74, 6) is 0.755. The van der Waals surface area contributed by atoms with Crippen molar-refractivity contribution in [2.45, 2.75) is 19.4 Å². The van der Waals surface area contributed by atoms with Gasteiger partial charge in [-0.05, 0) is 45.9 Å². The number of likely N-dealkylation sites (tertiary alicyclic amines) is 1. The quantitative estimate of drug-likeness (QED) is 0.852. The molecule has 0 amide bonds. The lowest BCUT2D eigenvalue weighted by atomic mass is 9.97. The highest BCUT2D eigenvalue weighted by Gasteiger charge is 2.19. The highest BCUT2D eigenvalue weighted by Crippen LogP contribution is 2.20. The molecule has 0 bridgehead atoms. The van der Waals surface area contributed by atoms with Crippen LogP contribution < -0.4 is 10.2 Å². The summed E-state index contributed by atoms with van der Waals surface area (Å²) in [4.78, 5) is 9.00. The van der Waals surface area contributed by atoms with Crippen molar-refractivity contribution in [3.05, 3.63) is 12.0 Å². The van der Waals surface area contributed by atoms with Gasteiger partial charge in [-0.3, -0.25) is 0 Å². The monoisotopic (exact) mass is 252 g/mol. The van der Waals surface area contributed by atoms with E-state index in [1.807, 2.05) is 7.05 Å². The third-order valence-electron chi connectivity index (χ3n) is 3.59. The molecule has 0 unspecified atom stereocenters. The third kappa shape index (κ3) is 3.46. The van der Waals surface area contributed by atoms with E-state index >= 15 is 0 Å². The average Bonchev–Trinajstić information content (AvgIpc) is 2.81. The van der Waals surface area contributed by atoms with Gasteiger partial charge in [0.15, 0.2) is 0 Å². The highest BCUT2D eigenvalue weighted by atomic mass is 16.4. The highest BCUT2D eigenvalue weighted by molar-refractivity contribution is 5.25. The molecule has 0 saturated carbocycles. The molecule has 0 atom stereocenters. The molecule has 1 aromatic rings. The molecule has 5 heteroatoms. The number of nitrogens with one attached hydrogen (secondary N) is 1. The van der Waals surface area contributed by atoms with Gasteiger partial charge < -0.3 is 19.5 Å². The van der Waals surface area contributed by atoms with Gasteiger partial charge in [0.2, 0.25) is 0 Å². The lowest BCUT2D eigenvalue weighted by Gasteiger charge is -2.31. The van der Waals surface area contributed by atoms with Crippen LogP contribution in [0.15, 0.2) is 10.7 Å². The molecule has 0 aromatic carbocycles. The van der Waals surface area contributed by atoms with Crippen LogP contribution in [-0.2, 0) is 6.54 Å². The molecule has 2 rings (SSSR count). The van der Waals surface area contributed by atoms with Gasteiger partial charge in [0.1, 0.15) is 6.26 Å². The molecule has 1 fully saturated rings. The Morgan fingerprint density at radius 3 is 2.89 bits per heavy atom. The number of oxazole rings is 1. The second kappa shape index (κ2) is 6.20. The summed E-state index contributed by atoms with van der Waals surface area (Å²) in [6, 6.07) is 0.735. The minimum Gasteiger partial charge on any atom is -0.432 e. The van der Waals surface area contributed by atoms with E-state index in [0.29, 0.717) is 0 Å². The molecule has 1 saturated heterocycles. The third-order valence-corrected chi connectivity index (χ3v) is 3.59. The zero-order chi connectivity index (χ0) is 13.0. The standard InChI is InChI=1S/C13H24N4O/c1-14-8-12-10-18-13(15-12)17(3)9-11-4-6-16(2)7-5-11/h10-11,14H,4-9H2,1-3H3. The van der Waals surface area contributed by atoms with Crippen molar-refractivity contribution >= 4 is 6.01 Å². The van der Waals surface area contributed by atoms with E-state index in [1.165, 1.54) is 25.9 Å². The van der Waals surface area contributed by atoms with Gasteiger partial charge in [-0.15, -0.1) is 0 Å². The first-order chi connectivity index (χ1) is 8.69. The van der Waals surface area contributed by atoms with E-state index in [-0.39, 0.29) is 0 Å². The summed E-state index contributed by atoms with van der Waals surface area (Å²) in [7, 11) is 6.17. The first kappa shape index (κ1) is 13.4. The summed E-state index contributed by atoms with van der Waals surface area (Å²) in [5, 5.41) is 3.08. The van der Waals surface area contributed by atoms with Gasteiger partial charge in [-0.1, -0.05) is 0 Å². The molecule has 0 aliphatic carbocycles. The Bertz CT molecular complexity index is 358. The normalized spacial score (nSPS) is 18.2. The first-order valence-electron chi connectivity index (χ1n) is 6.67. The maximum absolute atomic E-state index is 5.51. The second-order valence-electron chi connectivity index (χ2n) is 5.28. The van der Waals surface area contributed by atoms with Crippen molar-refractivity contribution in [3.8, 4) is 0 Å². The SMILES string of the molecule is CNCc1coc(N(C)CC2CCN(C)CC2)n1. The van der Waals surface area contributed by atoms with Crippen LogP contribution >= 0.6 is 0 Å². The molecular formula is C13H24N4O. The fraction of sp³-hybridized carbons (Fsp3) is 0.769. The van der Waals surface area contributed by atoms with Crippen LogP contribution in [0.2, 0.25) is 0 Å². The van der Waals surface area contributed by atoms with Gasteiger partial charge in [0.05, 0.1) is 5.69 Å². The van der Waals surface area contributed by atoms with Gasteiger partial charge in [0, 0.05) is 20.1 Å². The predicted octanol–water partition coefficient (Wildman–Crippen LogP) is 1.17. The van der Waals surface area contributed by atoms with E-state index in [4.69, 9.17) is 4.42 Å². The molecule has 1 aliphatic heterocycles. The fourth-order valence-electron chi connectivity index (χ4n) is 2.44. The summed E-state index contributed by atoms with van der Waals surface area (Å²) in [5.41, 5.74) is 0.961. The van der Waals surface area contributed by atoms with Crippen molar-refractivity contribution in [3.63, 3.8) is 0 Å². The Labute approximate surface area is 109 Å². The topological polar surface area (TPSA) is 44.5 Å². The predicted molar refractivity (Wildman–Crippen MR) is 72.8 cm³/mol. The Morgan fingerprint density at radius 2 is 2.22 bits per heavy atom. The van der Waals surface area contributed by atoms with Crippen LogP contribution in [0.1, 0.15) is 18.5 Å². The zero-order valence-electron chi connectivity index (χ0n) is 11.6. The molecule has 18 heavy (non-hydrogen) atoms. The smallest absolute Gasteiger partial charge is 0.297 e. The summed E-state index contributed by atoms with van der Waals surface area (Å²) >= 11 is 0. The Kier molecular flexibility index (Phi) is 4.60. The fourth-order valence-corrected chi connectivity index (χ4v) is 2.44. The van der Waals surface area contributed by atoms with E-state index in [9.17, 15) is 0 Å². The van der Waals surface area contributed by atoms with Crippen LogP contribution in [0.4, 0.5) is 6.01 Å². The maximum atomic E-state index is 5.51. The van der Waals surface area contributed by atoms with Crippen molar-refractivity contribution in [1.29, 1.82) is 0 Å². The van der Waals surface area contributed by atoms with E-state index in [1.54, 1.807) is 6.26 Å². The van der Waals surface area contributed by atoms with E-state index in [0.717, 1.165) is 30.7 Å². The molecule has 1 aromatic heterocycles. The van der Waals surface area contributed by atoms with Gasteiger partial charge in [0.25, 0.3) is 6.01 Å². The second-order valence-corrected chi connectivity index (χ2v) is 5.28. The maximum Gasteiger partial charge on any atom is 0.297 e. The summed E-state index contributed by atoms with van der Waals surface area (Å²) in [6.07, 6.45) is 4.27. The number of anilines is 1. The lowest BCUT2D eigenvalue weighted by molar-refractivity contribution is 0.221. The largest absolute Gasteiger partial charge is 0.432 e. The number of aromatic nitrogens is 1. The molecule has 2 heterocycles. The molecule has 5 nitrogen and oxygen atoms in total. The van der Waals surface area contributed by atoms with Crippen LogP contribution in [-0.4, -0.2) is 50.7 Å². The lowest BCUT2D eigenvalue weighted by Crippen LogP contribution is -2.35. The number of nitrogens with zero attached hydrogens (tertiary/aromatic N) is 3. The molecule has 0 radical (unpaired) electrons. The first-order valence-corrected chi connectivity index (χ1v) is 6.67. The number of rotatable bonds is 5. The van der Waals surface area contributed by atoms with Crippen LogP contribution in [0.25, 0.3) is 0 Å². The Hall–Kier alpha value is -1.07. The molecule has 102 valence electrons. The Balaban J connectivity index is 1.84. The van der Waals surface area contributed by atoms with Crippen molar-refractivity contribution in [2.24, 2.45) is 5.92 Å². The summed E-state index contributed by atoms with van der Waals surface area (Å²) < 4.78 is 5.51. The number of piperidine rings is 1. The molecular weight excluding hydrogens is 228 g/mol. The Morgan fingerprint density at radius 1 is 1.50 bits per heavy atom. The minimum atomic E-state index is 0.735. The van der Waals surface area contributed by atoms with E-state index in [2.05, 4.69) is 34.2 Å². The van der Waals surface area contributed by atoms with Crippen molar-refractivity contribution < 1.29 is 4.42 Å². The number of hydrogen-bond acceptors (Lipinski definition) is 5. The molecule has 0 spiro atoms. The number of hydrogen-bond donors (Lipinski definition) is 1. The molecule has 1 aliphatic rings. The zero-order valence-corrected chi connectivity index (χ0v) is 11.6. The molecule has 1 N–H and O–H groups in total. The average molecular weight is 252 g/mol. The van der Waals surface area contributed by atoms with Crippen molar-refractivity contribution in [2.75, 3.05) is 45.7 Å². The van der Waals surface area contributed by atoms with Crippen LogP contribution in [0.5, 0.6) is 0 Å².